The predicted octanol–water partition coefficient (Wildman–Crippen LogP) is 6.48. The summed E-state index contributed by atoms with van der Waals surface area (Å²) in [4.78, 5) is 9.61. The first-order valence-corrected chi connectivity index (χ1v) is 10.6. The topological polar surface area (TPSA) is 60.5 Å². The van der Waals surface area contributed by atoms with E-state index in [1.165, 1.54) is 16.9 Å². The molecule has 3 aromatic carbocycles. The number of hydrogen-bond acceptors (Lipinski definition) is 4. The molecule has 4 aromatic rings. The van der Waals surface area contributed by atoms with Gasteiger partial charge in [-0.2, -0.15) is 0 Å². The number of nitrogens with zero attached hydrogens (tertiary/aromatic N) is 2. The van der Waals surface area contributed by atoms with E-state index >= 15 is 0 Å². The van der Waals surface area contributed by atoms with Crippen LogP contribution in [0.4, 0.5) is 5.00 Å². The maximum absolute atomic E-state index is 6.33. The van der Waals surface area contributed by atoms with E-state index in [4.69, 9.17) is 32.0 Å². The number of thiazole rings is 1. The number of aliphatic imine (C=N–C) groups is 1. The smallest absolute Gasteiger partial charge is 0.146 e. The Morgan fingerprint density at radius 1 is 0.933 bits per heavy atom. The second kappa shape index (κ2) is 8.69. The molecule has 1 heterocycles. The molecule has 1 aromatic heterocycles. The number of benzene rings is 3. The van der Waals surface area contributed by atoms with Crippen molar-refractivity contribution in [2.24, 2.45) is 10.7 Å². The third-order valence-corrected chi connectivity index (χ3v) is 5.88. The number of halogens is 1. The highest BCUT2D eigenvalue weighted by molar-refractivity contribution is 7.19. The number of aromatic nitrogens is 1. The molecule has 0 aliphatic carbocycles. The fourth-order valence-corrected chi connectivity index (χ4v) is 4.04. The maximum atomic E-state index is 6.33. The van der Waals surface area contributed by atoms with Gasteiger partial charge in [-0.3, -0.25) is 0 Å². The van der Waals surface area contributed by atoms with Gasteiger partial charge in [0.05, 0.1) is 7.11 Å². The Morgan fingerprint density at radius 2 is 1.57 bits per heavy atom. The van der Waals surface area contributed by atoms with Crippen molar-refractivity contribution < 1.29 is 4.74 Å². The van der Waals surface area contributed by atoms with E-state index in [0.29, 0.717) is 10.9 Å². The normalized spacial score (nSPS) is 11.5. The minimum atomic E-state index is 0.428. The maximum Gasteiger partial charge on any atom is 0.146 e. The van der Waals surface area contributed by atoms with Gasteiger partial charge in [0.15, 0.2) is 0 Å². The SMILES string of the molecule is COc1ccc(/C(N)=N/c2sc(-c3ccc(Cl)cc3)nc2-c2ccc(C)cc2)cc1. The lowest BCUT2D eigenvalue weighted by Gasteiger charge is -2.04. The van der Waals surface area contributed by atoms with Crippen LogP contribution in [0.5, 0.6) is 5.75 Å². The number of aryl methyl sites for hydroxylation is 1. The first kappa shape index (κ1) is 20.1. The molecule has 0 aliphatic rings. The van der Waals surface area contributed by atoms with Crippen LogP contribution in [-0.4, -0.2) is 17.9 Å². The highest BCUT2D eigenvalue weighted by Crippen LogP contribution is 2.40. The molecule has 0 fully saturated rings. The number of ether oxygens (including phenoxy) is 1. The van der Waals surface area contributed by atoms with Crippen molar-refractivity contribution in [3.05, 3.63) is 88.9 Å². The molecule has 0 spiro atoms. The third-order valence-electron chi connectivity index (χ3n) is 4.63. The average Bonchev–Trinajstić information content (AvgIpc) is 3.18. The van der Waals surface area contributed by atoms with Crippen molar-refractivity contribution in [1.29, 1.82) is 0 Å². The Bertz CT molecular complexity index is 1180. The minimum absolute atomic E-state index is 0.428. The van der Waals surface area contributed by atoms with Crippen molar-refractivity contribution in [3.63, 3.8) is 0 Å². The van der Waals surface area contributed by atoms with Crippen LogP contribution in [0.1, 0.15) is 11.1 Å². The van der Waals surface area contributed by atoms with E-state index in [9.17, 15) is 0 Å². The Hall–Kier alpha value is -3.15. The van der Waals surface area contributed by atoms with E-state index in [2.05, 4.69) is 31.2 Å². The zero-order valence-corrected chi connectivity index (χ0v) is 18.2. The Labute approximate surface area is 184 Å². The standard InChI is InChI=1S/C24H20ClN3OS/c1-15-3-5-16(6-4-15)21-24(28-22(26)17-9-13-20(29-2)14-10-17)30-23(27-21)18-7-11-19(25)12-8-18/h3-14H,1-2H3,(H2,26,28). The van der Waals surface area contributed by atoms with Crippen LogP contribution in [0.2, 0.25) is 5.02 Å². The van der Waals surface area contributed by atoms with E-state index < -0.39 is 0 Å². The largest absolute Gasteiger partial charge is 0.497 e. The molecule has 0 amide bonds. The van der Waals surface area contributed by atoms with Crippen molar-refractivity contribution in [3.8, 4) is 27.6 Å². The quantitative estimate of drug-likeness (QED) is 0.289. The van der Waals surface area contributed by atoms with E-state index in [0.717, 1.165) is 38.1 Å². The molecule has 4 nitrogen and oxygen atoms in total. The third kappa shape index (κ3) is 4.37. The van der Waals surface area contributed by atoms with Gasteiger partial charge in [-0.05, 0) is 43.3 Å². The van der Waals surface area contributed by atoms with Crippen molar-refractivity contribution >= 4 is 33.8 Å². The van der Waals surface area contributed by atoms with Crippen LogP contribution < -0.4 is 10.5 Å². The van der Waals surface area contributed by atoms with Gasteiger partial charge in [0, 0.05) is 21.7 Å². The summed E-state index contributed by atoms with van der Waals surface area (Å²) in [5.41, 5.74) is 11.1. The second-order valence-electron chi connectivity index (χ2n) is 6.77. The van der Waals surface area contributed by atoms with Gasteiger partial charge in [-0.1, -0.05) is 64.9 Å². The molecule has 0 radical (unpaired) electrons. The Kier molecular flexibility index (Phi) is 5.84. The summed E-state index contributed by atoms with van der Waals surface area (Å²) < 4.78 is 5.22. The molecule has 2 N–H and O–H groups in total. The van der Waals surface area contributed by atoms with Crippen LogP contribution in [0.3, 0.4) is 0 Å². The molecule has 0 saturated heterocycles. The van der Waals surface area contributed by atoms with E-state index in [1.807, 2.05) is 48.5 Å². The molecule has 0 aliphatic heterocycles. The van der Waals surface area contributed by atoms with Gasteiger partial charge < -0.3 is 10.5 Å². The minimum Gasteiger partial charge on any atom is -0.497 e. The summed E-state index contributed by atoms with van der Waals surface area (Å²) in [6.07, 6.45) is 0. The van der Waals surface area contributed by atoms with Crippen molar-refractivity contribution in [1.82, 2.24) is 4.98 Å². The highest BCUT2D eigenvalue weighted by atomic mass is 35.5. The summed E-state index contributed by atoms with van der Waals surface area (Å²) in [5.74, 6) is 1.20. The summed E-state index contributed by atoms with van der Waals surface area (Å²) in [7, 11) is 1.63. The summed E-state index contributed by atoms with van der Waals surface area (Å²) >= 11 is 7.54. The molecule has 30 heavy (non-hydrogen) atoms. The first-order valence-electron chi connectivity index (χ1n) is 9.36. The molecule has 4 rings (SSSR count). The average molecular weight is 434 g/mol. The van der Waals surface area contributed by atoms with Gasteiger partial charge in [-0.15, -0.1) is 0 Å². The van der Waals surface area contributed by atoms with Gasteiger partial charge in [0.1, 0.15) is 27.3 Å². The fraction of sp³-hybridized carbons (Fsp3) is 0.0833. The van der Waals surface area contributed by atoms with E-state index in [-0.39, 0.29) is 0 Å². The van der Waals surface area contributed by atoms with Gasteiger partial charge in [0.25, 0.3) is 0 Å². The van der Waals surface area contributed by atoms with Crippen LogP contribution in [0.25, 0.3) is 21.8 Å². The molecule has 0 bridgehead atoms. The van der Waals surface area contributed by atoms with E-state index in [1.54, 1.807) is 7.11 Å². The number of methoxy groups -OCH3 is 1. The predicted molar refractivity (Wildman–Crippen MR) is 126 cm³/mol. The Balaban J connectivity index is 1.79. The summed E-state index contributed by atoms with van der Waals surface area (Å²) in [5, 5.41) is 2.32. The summed E-state index contributed by atoms with van der Waals surface area (Å²) in [6.45, 7) is 2.06. The molecule has 150 valence electrons. The Morgan fingerprint density at radius 3 is 2.20 bits per heavy atom. The molecule has 0 unspecified atom stereocenters. The van der Waals surface area contributed by atoms with Crippen molar-refractivity contribution in [2.45, 2.75) is 6.92 Å². The molecular weight excluding hydrogens is 414 g/mol. The molecule has 0 saturated carbocycles. The molecule has 6 heteroatoms. The van der Waals surface area contributed by atoms with Crippen LogP contribution in [0, 0.1) is 6.92 Å². The summed E-state index contributed by atoms with van der Waals surface area (Å²) in [6, 6.07) is 23.4. The van der Waals surface area contributed by atoms with Crippen LogP contribution in [-0.2, 0) is 0 Å². The molecule has 0 atom stereocenters. The number of amidine groups is 1. The van der Waals surface area contributed by atoms with Crippen LogP contribution in [0.15, 0.2) is 77.8 Å². The number of rotatable bonds is 5. The van der Waals surface area contributed by atoms with Crippen molar-refractivity contribution in [2.75, 3.05) is 7.11 Å². The lowest BCUT2D eigenvalue weighted by Crippen LogP contribution is -2.12. The number of nitrogens with two attached hydrogens (primary N) is 1. The monoisotopic (exact) mass is 433 g/mol. The molecular formula is C24H20ClN3OS. The zero-order chi connectivity index (χ0) is 21.1. The first-order chi connectivity index (χ1) is 14.5. The van der Waals surface area contributed by atoms with Gasteiger partial charge >= 0.3 is 0 Å². The number of hydrogen-bond donors (Lipinski definition) is 1. The lowest BCUT2D eigenvalue weighted by molar-refractivity contribution is 0.415. The van der Waals surface area contributed by atoms with Gasteiger partial charge in [-0.25, -0.2) is 9.98 Å². The van der Waals surface area contributed by atoms with Crippen LogP contribution >= 0.6 is 22.9 Å². The zero-order valence-electron chi connectivity index (χ0n) is 16.6. The lowest BCUT2D eigenvalue weighted by atomic mass is 10.1. The fourth-order valence-electron chi connectivity index (χ4n) is 2.94. The van der Waals surface area contributed by atoms with Gasteiger partial charge in [0.2, 0.25) is 0 Å². The highest BCUT2D eigenvalue weighted by Gasteiger charge is 2.15. The second-order valence-corrected chi connectivity index (χ2v) is 8.19.